The van der Waals surface area contributed by atoms with Crippen molar-refractivity contribution in [3.8, 4) is 0 Å². The molecular formula is C18H28N2. The maximum absolute atomic E-state index is 3.53. The Morgan fingerprint density at radius 1 is 1.05 bits per heavy atom. The summed E-state index contributed by atoms with van der Waals surface area (Å²) in [4.78, 5) is 2.50. The average molecular weight is 272 g/mol. The second-order valence-corrected chi connectivity index (χ2v) is 6.74. The van der Waals surface area contributed by atoms with E-state index in [9.17, 15) is 0 Å². The third-order valence-electron chi connectivity index (χ3n) is 3.64. The predicted molar refractivity (Wildman–Crippen MR) is 86.9 cm³/mol. The van der Waals surface area contributed by atoms with E-state index in [1.165, 1.54) is 24.1 Å². The van der Waals surface area contributed by atoms with Crippen LogP contribution >= 0.6 is 0 Å². The standard InChI is InChI=1S/C18H28N2/c1-18(2,3)19-12-11-16-7-9-17(10-8-16)15-20-13-5-4-6-14-20/h4-5,7-10,19H,6,11-15H2,1-3H3. The fourth-order valence-corrected chi connectivity index (χ4v) is 2.48. The molecule has 0 aromatic heterocycles. The van der Waals surface area contributed by atoms with Crippen molar-refractivity contribution in [1.29, 1.82) is 0 Å². The van der Waals surface area contributed by atoms with Crippen molar-refractivity contribution >= 4 is 0 Å². The van der Waals surface area contributed by atoms with Crippen LogP contribution in [0.25, 0.3) is 0 Å². The van der Waals surface area contributed by atoms with Gasteiger partial charge in [0.05, 0.1) is 0 Å². The van der Waals surface area contributed by atoms with Gasteiger partial charge in [0.25, 0.3) is 0 Å². The molecule has 0 saturated carbocycles. The normalized spacial score (nSPS) is 16.6. The van der Waals surface area contributed by atoms with E-state index in [0.29, 0.717) is 0 Å². The number of hydrogen-bond acceptors (Lipinski definition) is 2. The van der Waals surface area contributed by atoms with E-state index < -0.39 is 0 Å². The summed E-state index contributed by atoms with van der Waals surface area (Å²) in [5.41, 5.74) is 3.05. The van der Waals surface area contributed by atoms with Gasteiger partial charge in [-0.2, -0.15) is 0 Å². The predicted octanol–water partition coefficient (Wildman–Crippen LogP) is 3.38. The van der Waals surface area contributed by atoms with Gasteiger partial charge < -0.3 is 5.32 Å². The lowest BCUT2D eigenvalue weighted by Gasteiger charge is -2.23. The lowest BCUT2D eigenvalue weighted by Crippen LogP contribution is -2.37. The second kappa shape index (κ2) is 7.05. The van der Waals surface area contributed by atoms with Gasteiger partial charge in [0.2, 0.25) is 0 Å². The lowest BCUT2D eigenvalue weighted by molar-refractivity contribution is 0.290. The smallest absolute Gasteiger partial charge is 0.0237 e. The van der Waals surface area contributed by atoms with Crippen LogP contribution in [-0.2, 0) is 13.0 Å². The fraction of sp³-hybridized carbons (Fsp3) is 0.556. The van der Waals surface area contributed by atoms with Gasteiger partial charge in [-0.25, -0.2) is 0 Å². The van der Waals surface area contributed by atoms with Crippen LogP contribution in [0, 0.1) is 0 Å². The third-order valence-corrected chi connectivity index (χ3v) is 3.64. The maximum Gasteiger partial charge on any atom is 0.0237 e. The molecule has 0 radical (unpaired) electrons. The van der Waals surface area contributed by atoms with Crippen molar-refractivity contribution in [2.75, 3.05) is 19.6 Å². The Kier molecular flexibility index (Phi) is 5.38. The summed E-state index contributed by atoms with van der Waals surface area (Å²) in [6.07, 6.45) is 6.85. The molecule has 0 atom stereocenters. The van der Waals surface area contributed by atoms with Gasteiger partial charge in [0.15, 0.2) is 0 Å². The molecular weight excluding hydrogens is 244 g/mol. The van der Waals surface area contributed by atoms with Crippen LogP contribution in [0.3, 0.4) is 0 Å². The summed E-state index contributed by atoms with van der Waals surface area (Å²) in [5.74, 6) is 0. The zero-order valence-corrected chi connectivity index (χ0v) is 13.2. The molecule has 1 heterocycles. The summed E-state index contributed by atoms with van der Waals surface area (Å²) < 4.78 is 0. The van der Waals surface area contributed by atoms with E-state index >= 15 is 0 Å². The van der Waals surface area contributed by atoms with Gasteiger partial charge in [0, 0.05) is 25.2 Å². The molecule has 0 unspecified atom stereocenters. The highest BCUT2D eigenvalue weighted by atomic mass is 15.1. The van der Waals surface area contributed by atoms with E-state index in [1.54, 1.807) is 0 Å². The molecule has 20 heavy (non-hydrogen) atoms. The molecule has 2 rings (SSSR count). The molecule has 0 saturated heterocycles. The van der Waals surface area contributed by atoms with Crippen LogP contribution in [-0.4, -0.2) is 30.1 Å². The Morgan fingerprint density at radius 2 is 1.75 bits per heavy atom. The fourth-order valence-electron chi connectivity index (χ4n) is 2.48. The summed E-state index contributed by atoms with van der Waals surface area (Å²) in [5, 5.41) is 3.53. The Balaban J connectivity index is 1.79. The SMILES string of the molecule is CC(C)(C)NCCc1ccc(CN2CC=CCC2)cc1. The molecule has 1 aliphatic heterocycles. The van der Waals surface area contributed by atoms with Crippen LogP contribution in [0.1, 0.15) is 38.3 Å². The summed E-state index contributed by atoms with van der Waals surface area (Å²) in [7, 11) is 0. The Labute approximate surface area is 123 Å². The van der Waals surface area contributed by atoms with Crippen molar-refractivity contribution in [1.82, 2.24) is 10.2 Å². The van der Waals surface area contributed by atoms with Crippen molar-refractivity contribution in [2.24, 2.45) is 0 Å². The number of hydrogen-bond donors (Lipinski definition) is 1. The molecule has 110 valence electrons. The van der Waals surface area contributed by atoms with E-state index in [4.69, 9.17) is 0 Å². The van der Waals surface area contributed by atoms with Gasteiger partial charge in [-0.3, -0.25) is 4.90 Å². The first-order valence-corrected chi connectivity index (χ1v) is 7.73. The van der Waals surface area contributed by atoms with Crippen molar-refractivity contribution in [2.45, 2.75) is 45.7 Å². The zero-order chi connectivity index (χ0) is 14.4. The third kappa shape index (κ3) is 5.48. The topological polar surface area (TPSA) is 15.3 Å². The quantitative estimate of drug-likeness (QED) is 0.827. The molecule has 0 fully saturated rings. The minimum Gasteiger partial charge on any atom is -0.312 e. The van der Waals surface area contributed by atoms with Gasteiger partial charge in [-0.15, -0.1) is 0 Å². The lowest BCUT2D eigenvalue weighted by atomic mass is 10.1. The molecule has 0 bridgehead atoms. The van der Waals surface area contributed by atoms with Gasteiger partial charge >= 0.3 is 0 Å². The van der Waals surface area contributed by atoms with Crippen molar-refractivity contribution in [3.05, 3.63) is 47.5 Å². The van der Waals surface area contributed by atoms with E-state index in [2.05, 4.69) is 67.4 Å². The summed E-state index contributed by atoms with van der Waals surface area (Å²) >= 11 is 0. The van der Waals surface area contributed by atoms with Gasteiger partial charge in [-0.05, 0) is 51.3 Å². The molecule has 1 aliphatic rings. The first-order chi connectivity index (χ1) is 9.53. The van der Waals surface area contributed by atoms with Gasteiger partial charge in [0.1, 0.15) is 0 Å². The van der Waals surface area contributed by atoms with Crippen molar-refractivity contribution in [3.63, 3.8) is 0 Å². The van der Waals surface area contributed by atoms with Crippen LogP contribution < -0.4 is 5.32 Å². The maximum atomic E-state index is 3.53. The molecule has 0 aliphatic carbocycles. The summed E-state index contributed by atoms with van der Waals surface area (Å²) in [6.45, 7) is 11.0. The van der Waals surface area contributed by atoms with Crippen LogP contribution in [0.2, 0.25) is 0 Å². The average Bonchev–Trinajstić information content (AvgIpc) is 2.41. The molecule has 1 aromatic rings. The molecule has 2 heteroatoms. The van der Waals surface area contributed by atoms with Crippen LogP contribution in [0.4, 0.5) is 0 Å². The van der Waals surface area contributed by atoms with Gasteiger partial charge in [-0.1, -0.05) is 36.4 Å². The van der Waals surface area contributed by atoms with Crippen molar-refractivity contribution < 1.29 is 0 Å². The first kappa shape index (κ1) is 15.3. The zero-order valence-electron chi connectivity index (χ0n) is 13.2. The highest BCUT2D eigenvalue weighted by molar-refractivity contribution is 5.23. The van der Waals surface area contributed by atoms with E-state index in [0.717, 1.165) is 26.1 Å². The monoisotopic (exact) mass is 272 g/mol. The Bertz CT molecular complexity index is 426. The molecule has 2 nitrogen and oxygen atoms in total. The molecule has 1 aromatic carbocycles. The minimum atomic E-state index is 0.210. The largest absolute Gasteiger partial charge is 0.312 e. The molecule has 0 amide bonds. The molecule has 1 N–H and O–H groups in total. The number of benzene rings is 1. The number of nitrogens with zero attached hydrogens (tertiary/aromatic N) is 1. The highest BCUT2D eigenvalue weighted by Crippen LogP contribution is 2.11. The Hall–Kier alpha value is -1.12. The van der Waals surface area contributed by atoms with Crippen LogP contribution in [0.15, 0.2) is 36.4 Å². The second-order valence-electron chi connectivity index (χ2n) is 6.74. The minimum absolute atomic E-state index is 0.210. The number of rotatable bonds is 5. The van der Waals surface area contributed by atoms with E-state index in [-0.39, 0.29) is 5.54 Å². The van der Waals surface area contributed by atoms with Crippen LogP contribution in [0.5, 0.6) is 0 Å². The Morgan fingerprint density at radius 3 is 2.35 bits per heavy atom. The van der Waals surface area contributed by atoms with E-state index in [1.807, 2.05) is 0 Å². The summed E-state index contributed by atoms with van der Waals surface area (Å²) in [6, 6.07) is 9.12. The molecule has 0 spiro atoms. The number of nitrogens with one attached hydrogen (secondary N) is 1. The first-order valence-electron chi connectivity index (χ1n) is 7.73. The highest BCUT2D eigenvalue weighted by Gasteiger charge is 2.08.